The maximum absolute atomic E-state index is 11.5. The molecule has 1 rings (SSSR count). The highest BCUT2D eigenvalue weighted by Gasteiger charge is 2.08. The zero-order valence-electron chi connectivity index (χ0n) is 9.70. The maximum Gasteiger partial charge on any atom is 0.226 e. The number of hydrogen-bond donors (Lipinski definition) is 0. The van der Waals surface area contributed by atoms with E-state index in [2.05, 4.69) is 0 Å². The predicted molar refractivity (Wildman–Crippen MR) is 60.1 cm³/mol. The molecule has 0 unspecified atom stereocenters. The fourth-order valence-electron chi connectivity index (χ4n) is 1.29. The van der Waals surface area contributed by atoms with Crippen LogP contribution < -0.4 is 4.74 Å². The van der Waals surface area contributed by atoms with Crippen molar-refractivity contribution in [3.63, 3.8) is 0 Å². The van der Waals surface area contributed by atoms with E-state index in [-0.39, 0.29) is 5.91 Å². The third kappa shape index (κ3) is 2.98. The SMILES string of the molecule is COc1ccc(C)c(CC(=O)N(C)C)c1. The molecular formula is C12H17NO2. The fraction of sp³-hybridized carbons (Fsp3) is 0.417. The smallest absolute Gasteiger partial charge is 0.226 e. The molecule has 0 aliphatic carbocycles. The van der Waals surface area contributed by atoms with Crippen LogP contribution in [0.15, 0.2) is 18.2 Å². The molecule has 15 heavy (non-hydrogen) atoms. The molecule has 0 N–H and O–H groups in total. The summed E-state index contributed by atoms with van der Waals surface area (Å²) in [4.78, 5) is 13.1. The van der Waals surface area contributed by atoms with Crippen molar-refractivity contribution in [3.05, 3.63) is 29.3 Å². The summed E-state index contributed by atoms with van der Waals surface area (Å²) < 4.78 is 5.13. The highest BCUT2D eigenvalue weighted by Crippen LogP contribution is 2.17. The summed E-state index contributed by atoms with van der Waals surface area (Å²) in [5.41, 5.74) is 2.14. The first-order valence-electron chi connectivity index (χ1n) is 4.88. The Labute approximate surface area is 90.7 Å². The summed E-state index contributed by atoms with van der Waals surface area (Å²) in [6, 6.07) is 5.78. The standard InChI is InChI=1S/C12H17NO2/c1-9-5-6-11(15-4)7-10(9)8-12(14)13(2)3/h5-7H,8H2,1-4H3. The molecule has 0 atom stereocenters. The zero-order valence-corrected chi connectivity index (χ0v) is 9.70. The number of carbonyl (C=O) groups is 1. The zero-order chi connectivity index (χ0) is 11.4. The van der Waals surface area contributed by atoms with E-state index >= 15 is 0 Å². The molecule has 0 heterocycles. The minimum absolute atomic E-state index is 0.103. The molecule has 0 saturated heterocycles. The largest absolute Gasteiger partial charge is 0.497 e. The van der Waals surface area contributed by atoms with Gasteiger partial charge in [-0.2, -0.15) is 0 Å². The van der Waals surface area contributed by atoms with Gasteiger partial charge >= 0.3 is 0 Å². The van der Waals surface area contributed by atoms with Crippen molar-refractivity contribution in [2.45, 2.75) is 13.3 Å². The molecule has 1 aromatic carbocycles. The van der Waals surface area contributed by atoms with E-state index in [0.717, 1.165) is 16.9 Å². The first kappa shape index (κ1) is 11.6. The highest BCUT2D eigenvalue weighted by atomic mass is 16.5. The molecule has 0 saturated carbocycles. The highest BCUT2D eigenvalue weighted by molar-refractivity contribution is 5.78. The second kappa shape index (κ2) is 4.82. The lowest BCUT2D eigenvalue weighted by Crippen LogP contribution is -2.23. The van der Waals surface area contributed by atoms with Gasteiger partial charge in [0.05, 0.1) is 13.5 Å². The van der Waals surface area contributed by atoms with Gasteiger partial charge in [0.1, 0.15) is 5.75 Å². The van der Waals surface area contributed by atoms with Crippen molar-refractivity contribution in [3.8, 4) is 5.75 Å². The topological polar surface area (TPSA) is 29.5 Å². The van der Waals surface area contributed by atoms with Gasteiger partial charge in [-0.25, -0.2) is 0 Å². The van der Waals surface area contributed by atoms with Crippen molar-refractivity contribution in [1.82, 2.24) is 4.90 Å². The Morgan fingerprint density at radius 2 is 2.07 bits per heavy atom. The Bertz CT molecular complexity index is 359. The molecule has 1 aromatic rings. The van der Waals surface area contributed by atoms with Crippen LogP contribution in [0.5, 0.6) is 5.75 Å². The Kier molecular flexibility index (Phi) is 3.72. The molecule has 3 heteroatoms. The van der Waals surface area contributed by atoms with Crippen molar-refractivity contribution in [2.24, 2.45) is 0 Å². The number of amides is 1. The fourth-order valence-corrected chi connectivity index (χ4v) is 1.29. The number of rotatable bonds is 3. The van der Waals surface area contributed by atoms with Gasteiger partial charge in [-0.3, -0.25) is 4.79 Å². The Morgan fingerprint density at radius 3 is 2.60 bits per heavy atom. The molecule has 82 valence electrons. The first-order chi connectivity index (χ1) is 7.04. The van der Waals surface area contributed by atoms with Gasteiger partial charge < -0.3 is 9.64 Å². The predicted octanol–water partition coefficient (Wildman–Crippen LogP) is 1.63. The van der Waals surface area contributed by atoms with Gasteiger partial charge in [0.15, 0.2) is 0 Å². The van der Waals surface area contributed by atoms with E-state index in [1.165, 1.54) is 0 Å². The monoisotopic (exact) mass is 207 g/mol. The molecule has 0 spiro atoms. The van der Waals surface area contributed by atoms with E-state index in [0.29, 0.717) is 6.42 Å². The van der Waals surface area contributed by atoms with Crippen molar-refractivity contribution in [1.29, 1.82) is 0 Å². The lowest BCUT2D eigenvalue weighted by molar-refractivity contribution is -0.127. The quantitative estimate of drug-likeness (QED) is 0.754. The number of likely N-dealkylation sites (N-methyl/N-ethyl adjacent to an activating group) is 1. The summed E-state index contributed by atoms with van der Waals surface area (Å²) in [5, 5.41) is 0. The molecule has 3 nitrogen and oxygen atoms in total. The third-order valence-corrected chi connectivity index (χ3v) is 2.40. The molecular weight excluding hydrogens is 190 g/mol. The lowest BCUT2D eigenvalue weighted by Gasteiger charge is -2.12. The number of aryl methyl sites for hydroxylation is 1. The average Bonchev–Trinajstić information content (AvgIpc) is 2.21. The van der Waals surface area contributed by atoms with Crippen molar-refractivity contribution in [2.75, 3.05) is 21.2 Å². The van der Waals surface area contributed by atoms with Crippen LogP contribution in [0.2, 0.25) is 0 Å². The summed E-state index contributed by atoms with van der Waals surface area (Å²) in [5.74, 6) is 0.897. The maximum atomic E-state index is 11.5. The number of carbonyl (C=O) groups excluding carboxylic acids is 1. The van der Waals surface area contributed by atoms with Crippen LogP contribution in [-0.2, 0) is 11.2 Å². The lowest BCUT2D eigenvalue weighted by atomic mass is 10.0. The molecule has 0 radical (unpaired) electrons. The Morgan fingerprint density at radius 1 is 1.40 bits per heavy atom. The van der Waals surface area contributed by atoms with Crippen LogP contribution in [0.3, 0.4) is 0 Å². The minimum atomic E-state index is 0.103. The normalized spacial score (nSPS) is 9.87. The van der Waals surface area contributed by atoms with E-state index in [9.17, 15) is 4.79 Å². The van der Waals surface area contributed by atoms with E-state index in [4.69, 9.17) is 4.74 Å². The summed E-state index contributed by atoms with van der Waals surface area (Å²) in [6.07, 6.45) is 0.427. The van der Waals surface area contributed by atoms with Crippen LogP contribution in [0.25, 0.3) is 0 Å². The van der Waals surface area contributed by atoms with Gasteiger partial charge in [-0.15, -0.1) is 0 Å². The van der Waals surface area contributed by atoms with Gasteiger partial charge in [0.2, 0.25) is 5.91 Å². The van der Waals surface area contributed by atoms with Crippen molar-refractivity contribution < 1.29 is 9.53 Å². The average molecular weight is 207 g/mol. The van der Waals surface area contributed by atoms with Crippen LogP contribution in [0.1, 0.15) is 11.1 Å². The van der Waals surface area contributed by atoms with Crippen LogP contribution in [-0.4, -0.2) is 32.0 Å². The summed E-state index contributed by atoms with van der Waals surface area (Å²) in [7, 11) is 5.15. The van der Waals surface area contributed by atoms with Crippen LogP contribution in [0, 0.1) is 6.92 Å². The van der Waals surface area contributed by atoms with Gasteiger partial charge in [0.25, 0.3) is 0 Å². The molecule has 0 aliphatic heterocycles. The summed E-state index contributed by atoms with van der Waals surface area (Å²) >= 11 is 0. The van der Waals surface area contributed by atoms with Gasteiger partial charge in [-0.1, -0.05) is 6.07 Å². The molecule has 0 aromatic heterocycles. The third-order valence-electron chi connectivity index (χ3n) is 2.40. The number of hydrogen-bond acceptors (Lipinski definition) is 2. The molecule has 0 bridgehead atoms. The Balaban J connectivity index is 2.88. The van der Waals surface area contributed by atoms with E-state index < -0.39 is 0 Å². The first-order valence-corrected chi connectivity index (χ1v) is 4.88. The van der Waals surface area contributed by atoms with E-state index in [1.807, 2.05) is 25.1 Å². The molecule has 0 aliphatic rings. The molecule has 1 amide bonds. The molecule has 0 fully saturated rings. The van der Waals surface area contributed by atoms with Crippen LogP contribution in [0.4, 0.5) is 0 Å². The van der Waals surface area contributed by atoms with E-state index in [1.54, 1.807) is 26.1 Å². The number of methoxy groups -OCH3 is 1. The second-order valence-corrected chi connectivity index (χ2v) is 3.76. The Hall–Kier alpha value is -1.51. The minimum Gasteiger partial charge on any atom is -0.497 e. The van der Waals surface area contributed by atoms with Crippen LogP contribution >= 0.6 is 0 Å². The number of benzene rings is 1. The number of nitrogens with zero attached hydrogens (tertiary/aromatic N) is 1. The van der Waals surface area contributed by atoms with Gasteiger partial charge in [0, 0.05) is 14.1 Å². The number of ether oxygens (including phenoxy) is 1. The van der Waals surface area contributed by atoms with Crippen molar-refractivity contribution >= 4 is 5.91 Å². The summed E-state index contributed by atoms with van der Waals surface area (Å²) in [6.45, 7) is 2.00. The second-order valence-electron chi connectivity index (χ2n) is 3.76. The van der Waals surface area contributed by atoms with Gasteiger partial charge in [-0.05, 0) is 30.2 Å².